The third kappa shape index (κ3) is 4.20. The third-order valence-electron chi connectivity index (χ3n) is 3.32. The van der Waals surface area contributed by atoms with Crippen LogP contribution in [-0.4, -0.2) is 29.8 Å². The summed E-state index contributed by atoms with van der Waals surface area (Å²) in [6.07, 6.45) is 1.40. The zero-order chi connectivity index (χ0) is 16.8. The molecular weight excluding hydrogens is 294 g/mol. The lowest BCUT2D eigenvalue weighted by Gasteiger charge is -2.22. The largest absolute Gasteiger partial charge is 0.459 e. The lowest BCUT2D eigenvalue weighted by Crippen LogP contribution is -2.45. The summed E-state index contributed by atoms with van der Waals surface area (Å²) < 4.78 is 4.99. The summed E-state index contributed by atoms with van der Waals surface area (Å²) in [7, 11) is 1.65. The van der Waals surface area contributed by atoms with Gasteiger partial charge in [0.15, 0.2) is 5.76 Å². The van der Waals surface area contributed by atoms with Gasteiger partial charge in [0.2, 0.25) is 5.91 Å². The number of hydrogen-bond acceptors (Lipinski definition) is 4. The van der Waals surface area contributed by atoms with Crippen LogP contribution in [0.25, 0.3) is 0 Å². The smallest absolute Gasteiger partial charge is 0.287 e. The number of likely N-dealkylation sites (N-methyl/N-ethyl adjacent to an activating group) is 1. The Hall–Kier alpha value is -3.07. The lowest BCUT2D eigenvalue weighted by atomic mass is 10.1. The van der Waals surface area contributed by atoms with E-state index in [0.29, 0.717) is 12.1 Å². The van der Waals surface area contributed by atoms with E-state index in [9.17, 15) is 9.59 Å². The quantitative estimate of drug-likeness (QED) is 0.914. The van der Waals surface area contributed by atoms with Crippen molar-refractivity contribution in [3.63, 3.8) is 0 Å². The lowest BCUT2D eigenvalue weighted by molar-refractivity contribution is -0.132. The molecule has 0 saturated carbocycles. The molecule has 0 aliphatic heterocycles. The topological polar surface area (TPSA) is 86.3 Å². The summed E-state index contributed by atoms with van der Waals surface area (Å²) in [4.78, 5) is 25.7. The van der Waals surface area contributed by atoms with E-state index in [2.05, 4.69) is 11.4 Å². The molecule has 6 heteroatoms. The summed E-state index contributed by atoms with van der Waals surface area (Å²) in [5, 5.41) is 11.5. The van der Waals surface area contributed by atoms with Crippen molar-refractivity contribution in [1.82, 2.24) is 10.2 Å². The number of benzene rings is 1. The van der Waals surface area contributed by atoms with Gasteiger partial charge in [0, 0.05) is 13.6 Å². The minimum absolute atomic E-state index is 0.161. The zero-order valence-electron chi connectivity index (χ0n) is 12.9. The predicted octanol–water partition coefficient (Wildman–Crippen LogP) is 1.93. The summed E-state index contributed by atoms with van der Waals surface area (Å²) in [5.74, 6) is -0.503. The molecule has 0 spiro atoms. The van der Waals surface area contributed by atoms with Gasteiger partial charge < -0.3 is 14.6 Å². The third-order valence-corrected chi connectivity index (χ3v) is 3.32. The SMILES string of the molecule is CC(NC(=O)c1ccco1)C(=O)N(C)Cc1cccc(C#N)c1. The van der Waals surface area contributed by atoms with E-state index >= 15 is 0 Å². The maximum absolute atomic E-state index is 12.3. The summed E-state index contributed by atoms with van der Waals surface area (Å²) >= 11 is 0. The molecule has 0 aliphatic rings. The van der Waals surface area contributed by atoms with Gasteiger partial charge in [-0.1, -0.05) is 12.1 Å². The fourth-order valence-electron chi connectivity index (χ4n) is 2.16. The zero-order valence-corrected chi connectivity index (χ0v) is 12.9. The van der Waals surface area contributed by atoms with E-state index in [1.54, 1.807) is 38.2 Å². The second-order valence-corrected chi connectivity index (χ2v) is 5.18. The van der Waals surface area contributed by atoms with Gasteiger partial charge in [-0.25, -0.2) is 0 Å². The molecule has 1 aromatic heterocycles. The number of carbonyl (C=O) groups excluding carboxylic acids is 2. The maximum Gasteiger partial charge on any atom is 0.287 e. The van der Waals surface area contributed by atoms with E-state index in [1.807, 2.05) is 6.07 Å². The molecule has 0 bridgehead atoms. The van der Waals surface area contributed by atoms with Gasteiger partial charge in [-0.15, -0.1) is 0 Å². The van der Waals surface area contributed by atoms with Gasteiger partial charge in [-0.2, -0.15) is 5.26 Å². The molecule has 1 heterocycles. The van der Waals surface area contributed by atoms with Crippen LogP contribution in [-0.2, 0) is 11.3 Å². The van der Waals surface area contributed by atoms with Gasteiger partial charge in [-0.3, -0.25) is 9.59 Å². The van der Waals surface area contributed by atoms with Gasteiger partial charge >= 0.3 is 0 Å². The Morgan fingerprint density at radius 2 is 2.13 bits per heavy atom. The molecule has 2 amide bonds. The highest BCUT2D eigenvalue weighted by atomic mass is 16.3. The van der Waals surface area contributed by atoms with Crippen molar-refractivity contribution < 1.29 is 14.0 Å². The molecule has 2 rings (SSSR count). The minimum Gasteiger partial charge on any atom is -0.459 e. The average molecular weight is 311 g/mol. The van der Waals surface area contributed by atoms with Gasteiger partial charge in [0.1, 0.15) is 6.04 Å². The molecular formula is C17H17N3O3. The number of nitrogens with one attached hydrogen (secondary N) is 1. The number of amides is 2. The van der Waals surface area contributed by atoms with Crippen molar-refractivity contribution in [2.24, 2.45) is 0 Å². The Balaban J connectivity index is 1.95. The highest BCUT2D eigenvalue weighted by Crippen LogP contribution is 2.08. The van der Waals surface area contributed by atoms with Crippen LogP contribution in [0.1, 0.15) is 28.6 Å². The average Bonchev–Trinajstić information content (AvgIpc) is 3.08. The number of nitriles is 1. The van der Waals surface area contributed by atoms with Crippen molar-refractivity contribution >= 4 is 11.8 Å². The Labute approximate surface area is 134 Å². The van der Waals surface area contributed by atoms with Gasteiger partial charge in [0.05, 0.1) is 17.9 Å². The summed E-state index contributed by atoms with van der Waals surface area (Å²) in [6.45, 7) is 1.97. The van der Waals surface area contributed by atoms with Crippen LogP contribution >= 0.6 is 0 Å². The predicted molar refractivity (Wildman–Crippen MR) is 83.3 cm³/mol. The highest BCUT2D eigenvalue weighted by Gasteiger charge is 2.21. The normalized spacial score (nSPS) is 11.3. The molecule has 0 saturated heterocycles. The second kappa shape index (κ2) is 7.27. The van der Waals surface area contributed by atoms with Crippen LogP contribution in [0.15, 0.2) is 47.1 Å². The van der Waals surface area contributed by atoms with Crippen LogP contribution in [0.3, 0.4) is 0 Å². The van der Waals surface area contributed by atoms with E-state index in [0.717, 1.165) is 5.56 Å². The van der Waals surface area contributed by atoms with Crippen LogP contribution in [0, 0.1) is 11.3 Å². The molecule has 0 aliphatic carbocycles. The van der Waals surface area contributed by atoms with Gasteiger partial charge in [-0.05, 0) is 36.8 Å². The highest BCUT2D eigenvalue weighted by molar-refractivity contribution is 5.95. The molecule has 0 radical (unpaired) electrons. The van der Waals surface area contributed by atoms with Crippen molar-refractivity contribution in [2.75, 3.05) is 7.05 Å². The van der Waals surface area contributed by atoms with E-state index < -0.39 is 11.9 Å². The van der Waals surface area contributed by atoms with Crippen molar-refractivity contribution in [3.05, 3.63) is 59.5 Å². The Morgan fingerprint density at radius 1 is 1.35 bits per heavy atom. The number of carbonyl (C=O) groups is 2. The first-order valence-corrected chi connectivity index (χ1v) is 7.09. The van der Waals surface area contributed by atoms with E-state index in [1.165, 1.54) is 17.2 Å². The monoisotopic (exact) mass is 311 g/mol. The molecule has 1 atom stereocenters. The first kappa shape index (κ1) is 16.3. The van der Waals surface area contributed by atoms with Crippen molar-refractivity contribution in [3.8, 4) is 6.07 Å². The molecule has 0 fully saturated rings. The van der Waals surface area contributed by atoms with Gasteiger partial charge in [0.25, 0.3) is 5.91 Å². The molecule has 1 aromatic carbocycles. The second-order valence-electron chi connectivity index (χ2n) is 5.18. The first-order chi connectivity index (χ1) is 11.0. The number of hydrogen-bond donors (Lipinski definition) is 1. The van der Waals surface area contributed by atoms with Crippen LogP contribution in [0.4, 0.5) is 0 Å². The molecule has 1 N–H and O–H groups in total. The molecule has 23 heavy (non-hydrogen) atoms. The summed E-state index contributed by atoms with van der Waals surface area (Å²) in [6, 6.07) is 11.6. The number of furan rings is 1. The van der Waals surface area contributed by atoms with E-state index in [4.69, 9.17) is 9.68 Å². The fraction of sp³-hybridized carbons (Fsp3) is 0.235. The maximum atomic E-state index is 12.3. The Bertz CT molecular complexity index is 732. The fourth-order valence-corrected chi connectivity index (χ4v) is 2.16. The summed E-state index contributed by atoms with van der Waals surface area (Å²) in [5.41, 5.74) is 1.40. The number of nitrogens with zero attached hydrogens (tertiary/aromatic N) is 2. The Kier molecular flexibility index (Phi) is 5.15. The molecule has 118 valence electrons. The molecule has 6 nitrogen and oxygen atoms in total. The van der Waals surface area contributed by atoms with Crippen molar-refractivity contribution in [1.29, 1.82) is 5.26 Å². The van der Waals surface area contributed by atoms with Crippen LogP contribution < -0.4 is 5.32 Å². The number of rotatable bonds is 5. The van der Waals surface area contributed by atoms with Crippen LogP contribution in [0.2, 0.25) is 0 Å². The Morgan fingerprint density at radius 3 is 2.78 bits per heavy atom. The van der Waals surface area contributed by atoms with E-state index in [-0.39, 0.29) is 11.7 Å². The van der Waals surface area contributed by atoms with Crippen molar-refractivity contribution in [2.45, 2.75) is 19.5 Å². The van der Waals surface area contributed by atoms with Crippen LogP contribution in [0.5, 0.6) is 0 Å². The molecule has 1 unspecified atom stereocenters. The minimum atomic E-state index is -0.684. The standard InChI is InChI=1S/C17H17N3O3/c1-12(19-16(21)15-7-4-8-23-15)17(22)20(2)11-14-6-3-5-13(9-14)10-18/h3-9,12H,11H2,1-2H3,(H,19,21). The molecule has 2 aromatic rings. The first-order valence-electron chi connectivity index (χ1n) is 7.09.